The average molecular weight is 241 g/mol. The molecule has 0 radical (unpaired) electrons. The first kappa shape index (κ1) is 13.3. The summed E-state index contributed by atoms with van der Waals surface area (Å²) in [5.74, 6) is 0. The molecule has 16 heavy (non-hydrogen) atoms. The highest BCUT2D eigenvalue weighted by Crippen LogP contribution is 2.19. The van der Waals surface area contributed by atoms with E-state index >= 15 is 0 Å². The van der Waals surface area contributed by atoms with Crippen molar-refractivity contribution >= 4 is 17.3 Å². The van der Waals surface area contributed by atoms with Crippen molar-refractivity contribution in [1.29, 1.82) is 0 Å². The van der Waals surface area contributed by atoms with Gasteiger partial charge in [-0.1, -0.05) is 50.6 Å². The number of nitrogens with zero attached hydrogens (tertiary/aromatic N) is 1. The van der Waals surface area contributed by atoms with Gasteiger partial charge in [0.15, 0.2) is 0 Å². The molecule has 0 aromatic carbocycles. The number of hydrogen-bond donors (Lipinski definition) is 1. The molecule has 0 aliphatic heterocycles. The average Bonchev–Trinajstić information content (AvgIpc) is 2.30. The van der Waals surface area contributed by atoms with Crippen LogP contribution in [0.3, 0.4) is 0 Å². The second-order valence-electron chi connectivity index (χ2n) is 4.05. The fraction of sp³-hybridized carbons (Fsp3) is 0.615. The third-order valence-corrected chi connectivity index (χ3v) is 2.94. The van der Waals surface area contributed by atoms with Crippen LogP contribution in [0.4, 0.5) is 5.69 Å². The minimum absolute atomic E-state index is 0.751. The van der Waals surface area contributed by atoms with Gasteiger partial charge in [-0.05, 0) is 12.5 Å². The van der Waals surface area contributed by atoms with Crippen LogP contribution in [-0.2, 0) is 0 Å². The molecule has 0 atom stereocenters. The van der Waals surface area contributed by atoms with Crippen LogP contribution < -0.4 is 5.32 Å². The summed E-state index contributed by atoms with van der Waals surface area (Å²) in [5, 5.41) is 4.06. The lowest BCUT2D eigenvalue weighted by atomic mass is 10.1. The van der Waals surface area contributed by atoms with Gasteiger partial charge in [-0.25, -0.2) is 0 Å². The lowest BCUT2D eigenvalue weighted by molar-refractivity contribution is 0.617. The summed E-state index contributed by atoms with van der Waals surface area (Å²) < 4.78 is 0. The smallest absolute Gasteiger partial charge is 0.0716 e. The van der Waals surface area contributed by atoms with E-state index in [2.05, 4.69) is 17.2 Å². The van der Waals surface area contributed by atoms with Crippen LogP contribution in [0.5, 0.6) is 0 Å². The maximum Gasteiger partial charge on any atom is 0.0716 e. The van der Waals surface area contributed by atoms with Gasteiger partial charge in [-0.15, -0.1) is 0 Å². The van der Waals surface area contributed by atoms with E-state index in [1.807, 2.05) is 6.07 Å². The topological polar surface area (TPSA) is 24.9 Å². The summed E-state index contributed by atoms with van der Waals surface area (Å²) >= 11 is 6.00. The van der Waals surface area contributed by atoms with Crippen molar-refractivity contribution in [3.05, 3.63) is 23.5 Å². The molecular weight excluding hydrogens is 220 g/mol. The van der Waals surface area contributed by atoms with Gasteiger partial charge in [0.25, 0.3) is 0 Å². The van der Waals surface area contributed by atoms with Crippen LogP contribution in [0.15, 0.2) is 18.5 Å². The molecule has 0 aliphatic rings. The molecular formula is C13H21ClN2. The van der Waals surface area contributed by atoms with Crippen LogP contribution in [0.25, 0.3) is 0 Å². The molecule has 1 aromatic rings. The summed E-state index contributed by atoms with van der Waals surface area (Å²) in [6.07, 6.45) is 11.4. The maximum atomic E-state index is 6.00. The maximum absolute atomic E-state index is 6.00. The number of unbranched alkanes of at least 4 members (excludes halogenated alkanes) is 5. The molecule has 1 aromatic heterocycles. The molecule has 0 amide bonds. The number of hydrogen-bond acceptors (Lipinski definition) is 2. The van der Waals surface area contributed by atoms with E-state index < -0.39 is 0 Å². The summed E-state index contributed by atoms with van der Waals surface area (Å²) in [7, 11) is 0. The molecule has 0 aliphatic carbocycles. The van der Waals surface area contributed by atoms with Crippen molar-refractivity contribution in [2.45, 2.75) is 45.4 Å². The van der Waals surface area contributed by atoms with E-state index in [1.54, 1.807) is 12.4 Å². The predicted molar refractivity (Wildman–Crippen MR) is 71.1 cm³/mol. The SMILES string of the molecule is CCCCCCCCNc1cnccc1Cl. The molecule has 2 nitrogen and oxygen atoms in total. The summed E-state index contributed by atoms with van der Waals surface area (Å²) in [5.41, 5.74) is 0.942. The molecule has 0 unspecified atom stereocenters. The first-order valence-electron chi connectivity index (χ1n) is 6.18. The van der Waals surface area contributed by atoms with Crippen molar-refractivity contribution in [1.82, 2.24) is 4.98 Å². The third-order valence-electron chi connectivity index (χ3n) is 2.61. The Hall–Kier alpha value is -0.760. The Balaban J connectivity index is 2.05. The van der Waals surface area contributed by atoms with Gasteiger partial charge in [-0.3, -0.25) is 4.98 Å². The number of pyridine rings is 1. The molecule has 3 heteroatoms. The number of nitrogens with one attached hydrogen (secondary N) is 1. The molecule has 1 heterocycles. The van der Waals surface area contributed by atoms with Crippen molar-refractivity contribution in [3.8, 4) is 0 Å². The highest BCUT2D eigenvalue weighted by molar-refractivity contribution is 6.33. The number of anilines is 1. The van der Waals surface area contributed by atoms with E-state index in [0.717, 1.165) is 17.3 Å². The lowest BCUT2D eigenvalue weighted by Crippen LogP contribution is -2.02. The largest absolute Gasteiger partial charge is 0.383 e. The van der Waals surface area contributed by atoms with Crippen LogP contribution in [-0.4, -0.2) is 11.5 Å². The van der Waals surface area contributed by atoms with Gasteiger partial charge in [0, 0.05) is 12.7 Å². The van der Waals surface area contributed by atoms with Crippen molar-refractivity contribution in [2.24, 2.45) is 0 Å². The first-order valence-corrected chi connectivity index (χ1v) is 6.55. The van der Waals surface area contributed by atoms with Crippen LogP contribution >= 0.6 is 11.6 Å². The zero-order valence-corrected chi connectivity index (χ0v) is 10.8. The zero-order chi connectivity index (χ0) is 11.6. The molecule has 0 saturated heterocycles. The van der Waals surface area contributed by atoms with Crippen LogP contribution in [0, 0.1) is 0 Å². The Labute approximate surface area is 103 Å². The highest BCUT2D eigenvalue weighted by atomic mass is 35.5. The molecule has 0 saturated carbocycles. The van der Waals surface area contributed by atoms with Gasteiger partial charge in [0.2, 0.25) is 0 Å². The summed E-state index contributed by atoms with van der Waals surface area (Å²) in [6, 6.07) is 1.81. The summed E-state index contributed by atoms with van der Waals surface area (Å²) in [6.45, 7) is 3.23. The second kappa shape index (κ2) is 8.40. The van der Waals surface area contributed by atoms with Gasteiger partial charge in [-0.2, -0.15) is 0 Å². The number of rotatable bonds is 8. The van der Waals surface area contributed by atoms with Crippen LogP contribution in [0.1, 0.15) is 45.4 Å². The minimum Gasteiger partial charge on any atom is -0.383 e. The minimum atomic E-state index is 0.751. The Kier molecular flexibility index (Phi) is 6.98. The monoisotopic (exact) mass is 240 g/mol. The molecule has 0 spiro atoms. The molecule has 0 bridgehead atoms. The molecule has 0 fully saturated rings. The Bertz CT molecular complexity index is 289. The van der Waals surface area contributed by atoms with Gasteiger partial charge >= 0.3 is 0 Å². The normalized spacial score (nSPS) is 10.4. The molecule has 1 rings (SSSR count). The Morgan fingerprint density at radius 3 is 2.69 bits per heavy atom. The lowest BCUT2D eigenvalue weighted by Gasteiger charge is -2.07. The van der Waals surface area contributed by atoms with E-state index in [4.69, 9.17) is 11.6 Å². The van der Waals surface area contributed by atoms with Gasteiger partial charge in [0.05, 0.1) is 16.9 Å². The first-order chi connectivity index (χ1) is 7.84. The second-order valence-corrected chi connectivity index (χ2v) is 4.46. The van der Waals surface area contributed by atoms with E-state index in [1.165, 1.54) is 38.5 Å². The van der Waals surface area contributed by atoms with Crippen molar-refractivity contribution < 1.29 is 0 Å². The summed E-state index contributed by atoms with van der Waals surface area (Å²) in [4.78, 5) is 4.04. The quantitative estimate of drug-likeness (QED) is 0.677. The van der Waals surface area contributed by atoms with E-state index in [0.29, 0.717) is 0 Å². The predicted octanol–water partition coefficient (Wildman–Crippen LogP) is 4.51. The third kappa shape index (κ3) is 5.36. The van der Waals surface area contributed by atoms with Gasteiger partial charge < -0.3 is 5.32 Å². The Morgan fingerprint density at radius 2 is 1.94 bits per heavy atom. The molecule has 1 N–H and O–H groups in total. The molecule has 90 valence electrons. The Morgan fingerprint density at radius 1 is 1.19 bits per heavy atom. The number of halogens is 1. The fourth-order valence-corrected chi connectivity index (χ4v) is 1.81. The van der Waals surface area contributed by atoms with Crippen LogP contribution in [0.2, 0.25) is 5.02 Å². The zero-order valence-electron chi connectivity index (χ0n) is 10.0. The number of aromatic nitrogens is 1. The highest BCUT2D eigenvalue weighted by Gasteiger charge is 1.97. The van der Waals surface area contributed by atoms with Gasteiger partial charge in [0.1, 0.15) is 0 Å². The van der Waals surface area contributed by atoms with E-state index in [9.17, 15) is 0 Å². The fourth-order valence-electron chi connectivity index (χ4n) is 1.64. The van der Waals surface area contributed by atoms with Crippen molar-refractivity contribution in [3.63, 3.8) is 0 Å². The van der Waals surface area contributed by atoms with E-state index in [-0.39, 0.29) is 0 Å². The standard InChI is InChI=1S/C13H21ClN2/c1-2-3-4-5-6-7-9-16-13-11-15-10-8-12(13)14/h8,10-11,16H,2-7,9H2,1H3. The van der Waals surface area contributed by atoms with Crippen molar-refractivity contribution in [2.75, 3.05) is 11.9 Å².